The Balaban J connectivity index is 1.69. The molecule has 2 saturated heterocycles. The molecule has 116 valence electrons. The van der Waals surface area contributed by atoms with Gasteiger partial charge in [-0.3, -0.25) is 0 Å². The van der Waals surface area contributed by atoms with Crippen molar-refractivity contribution in [3.8, 4) is 5.75 Å². The second kappa shape index (κ2) is 5.93. The van der Waals surface area contributed by atoms with E-state index in [1.165, 1.54) is 31.7 Å². The smallest absolute Gasteiger partial charge is 0.123 e. The predicted octanol–water partition coefficient (Wildman–Crippen LogP) is 3.11. The minimum atomic E-state index is -0.206. The third-order valence-corrected chi connectivity index (χ3v) is 5.24. The maximum atomic E-state index is 13.5. The Labute approximate surface area is 126 Å². The molecule has 3 rings (SSSR count). The van der Waals surface area contributed by atoms with Crippen molar-refractivity contribution in [2.24, 2.45) is 0 Å². The third-order valence-electron chi connectivity index (χ3n) is 5.24. The first-order valence-electron chi connectivity index (χ1n) is 7.90. The van der Waals surface area contributed by atoms with E-state index in [4.69, 9.17) is 4.74 Å². The highest BCUT2D eigenvalue weighted by Crippen LogP contribution is 2.35. The lowest BCUT2D eigenvalue weighted by Gasteiger charge is -2.38. The molecule has 1 aromatic rings. The van der Waals surface area contributed by atoms with Crippen LogP contribution in [0.3, 0.4) is 0 Å². The summed E-state index contributed by atoms with van der Waals surface area (Å²) in [6.07, 6.45) is 5.01. The Morgan fingerprint density at radius 3 is 2.57 bits per heavy atom. The zero-order valence-electron chi connectivity index (χ0n) is 13.1. The summed E-state index contributed by atoms with van der Waals surface area (Å²) < 4.78 is 18.9. The van der Waals surface area contributed by atoms with Crippen molar-refractivity contribution < 1.29 is 9.13 Å². The number of rotatable bonds is 4. The molecule has 0 amide bonds. The van der Waals surface area contributed by atoms with Crippen LogP contribution in [0.1, 0.15) is 44.2 Å². The molecule has 0 saturated carbocycles. The average molecular weight is 292 g/mol. The van der Waals surface area contributed by atoms with Crippen LogP contribution in [0.15, 0.2) is 18.2 Å². The maximum Gasteiger partial charge on any atom is 0.123 e. The molecule has 1 N–H and O–H groups in total. The summed E-state index contributed by atoms with van der Waals surface area (Å²) in [6.45, 7) is 2.09. The SMILES string of the molecule is COc1ccc(F)cc1C(C)NC1CC2CCC(C1)N2C. The van der Waals surface area contributed by atoms with E-state index in [1.807, 2.05) is 0 Å². The fourth-order valence-corrected chi connectivity index (χ4v) is 4.03. The molecule has 1 aromatic carbocycles. The van der Waals surface area contributed by atoms with Gasteiger partial charge in [-0.2, -0.15) is 0 Å². The molecule has 3 nitrogen and oxygen atoms in total. The first kappa shape index (κ1) is 14.8. The van der Waals surface area contributed by atoms with E-state index in [-0.39, 0.29) is 11.9 Å². The van der Waals surface area contributed by atoms with Gasteiger partial charge in [-0.1, -0.05) is 0 Å². The normalized spacial score (nSPS) is 30.4. The quantitative estimate of drug-likeness (QED) is 0.923. The molecular weight excluding hydrogens is 267 g/mol. The van der Waals surface area contributed by atoms with Gasteiger partial charge >= 0.3 is 0 Å². The van der Waals surface area contributed by atoms with Gasteiger partial charge in [0.1, 0.15) is 11.6 Å². The van der Waals surface area contributed by atoms with Crippen LogP contribution >= 0.6 is 0 Å². The number of fused-ring (bicyclic) bond motifs is 2. The van der Waals surface area contributed by atoms with Crippen molar-refractivity contribution in [1.29, 1.82) is 0 Å². The standard InChI is InChI=1S/C17H25FN2O/c1-11(16-8-12(18)4-7-17(16)21-3)19-13-9-14-5-6-15(10-13)20(14)2/h4,7-8,11,13-15,19H,5-6,9-10H2,1-3H3. The van der Waals surface area contributed by atoms with E-state index in [0.717, 1.165) is 11.3 Å². The van der Waals surface area contributed by atoms with Crippen molar-refractivity contribution in [2.45, 2.75) is 56.8 Å². The molecular formula is C17H25FN2O. The van der Waals surface area contributed by atoms with E-state index in [0.29, 0.717) is 18.1 Å². The van der Waals surface area contributed by atoms with Crippen molar-refractivity contribution in [3.05, 3.63) is 29.6 Å². The zero-order valence-corrected chi connectivity index (χ0v) is 13.1. The molecule has 2 bridgehead atoms. The van der Waals surface area contributed by atoms with Crippen LogP contribution in [0, 0.1) is 5.82 Å². The Morgan fingerprint density at radius 2 is 1.95 bits per heavy atom. The van der Waals surface area contributed by atoms with Gasteiger partial charge in [-0.25, -0.2) is 4.39 Å². The van der Waals surface area contributed by atoms with Gasteiger partial charge in [-0.15, -0.1) is 0 Å². The summed E-state index contributed by atoms with van der Waals surface area (Å²) in [5.74, 6) is 0.551. The molecule has 0 aromatic heterocycles. The summed E-state index contributed by atoms with van der Waals surface area (Å²) >= 11 is 0. The highest BCUT2D eigenvalue weighted by Gasteiger charge is 2.38. The van der Waals surface area contributed by atoms with E-state index in [9.17, 15) is 4.39 Å². The fourth-order valence-electron chi connectivity index (χ4n) is 4.03. The maximum absolute atomic E-state index is 13.5. The number of ether oxygens (including phenoxy) is 1. The lowest BCUT2D eigenvalue weighted by molar-refractivity contribution is 0.144. The molecule has 3 atom stereocenters. The van der Waals surface area contributed by atoms with E-state index < -0.39 is 0 Å². The molecule has 4 heteroatoms. The molecule has 0 spiro atoms. The Bertz CT molecular complexity index is 494. The molecule has 2 aliphatic rings. The van der Waals surface area contributed by atoms with Crippen LogP contribution in [0.5, 0.6) is 5.75 Å². The van der Waals surface area contributed by atoms with E-state index in [1.54, 1.807) is 19.2 Å². The largest absolute Gasteiger partial charge is 0.496 e. The molecule has 2 aliphatic heterocycles. The van der Waals surface area contributed by atoms with Gasteiger partial charge in [0.25, 0.3) is 0 Å². The van der Waals surface area contributed by atoms with Gasteiger partial charge in [0.2, 0.25) is 0 Å². The van der Waals surface area contributed by atoms with Gasteiger partial charge in [0, 0.05) is 29.7 Å². The number of nitrogens with zero attached hydrogens (tertiary/aromatic N) is 1. The van der Waals surface area contributed by atoms with Crippen molar-refractivity contribution in [1.82, 2.24) is 10.2 Å². The summed E-state index contributed by atoms with van der Waals surface area (Å²) in [5.41, 5.74) is 0.906. The second-order valence-corrected chi connectivity index (χ2v) is 6.49. The molecule has 2 heterocycles. The van der Waals surface area contributed by atoms with E-state index in [2.05, 4.69) is 24.2 Å². The lowest BCUT2D eigenvalue weighted by Crippen LogP contribution is -2.47. The number of methoxy groups -OCH3 is 1. The average Bonchev–Trinajstić information content (AvgIpc) is 2.69. The molecule has 0 radical (unpaired) electrons. The van der Waals surface area contributed by atoms with Gasteiger partial charge in [0.15, 0.2) is 0 Å². The number of piperidine rings is 1. The summed E-state index contributed by atoms with van der Waals surface area (Å²) in [5, 5.41) is 3.69. The number of benzene rings is 1. The molecule has 2 fully saturated rings. The number of hydrogen-bond acceptors (Lipinski definition) is 3. The van der Waals surface area contributed by atoms with Gasteiger partial charge in [-0.05, 0) is 57.9 Å². The molecule has 0 aliphatic carbocycles. The van der Waals surface area contributed by atoms with Crippen molar-refractivity contribution in [3.63, 3.8) is 0 Å². The van der Waals surface area contributed by atoms with Crippen LogP contribution in [-0.4, -0.2) is 37.2 Å². The first-order chi connectivity index (χ1) is 10.1. The zero-order chi connectivity index (χ0) is 15.0. The van der Waals surface area contributed by atoms with Crippen LogP contribution in [-0.2, 0) is 0 Å². The Morgan fingerprint density at radius 1 is 1.29 bits per heavy atom. The third kappa shape index (κ3) is 2.92. The summed E-state index contributed by atoms with van der Waals surface area (Å²) in [6, 6.07) is 6.78. The van der Waals surface area contributed by atoms with Crippen molar-refractivity contribution >= 4 is 0 Å². The van der Waals surface area contributed by atoms with Gasteiger partial charge < -0.3 is 15.0 Å². The second-order valence-electron chi connectivity index (χ2n) is 6.49. The first-order valence-corrected chi connectivity index (χ1v) is 7.90. The van der Waals surface area contributed by atoms with Crippen molar-refractivity contribution in [2.75, 3.05) is 14.2 Å². The monoisotopic (exact) mass is 292 g/mol. The van der Waals surface area contributed by atoms with Crippen LogP contribution in [0.2, 0.25) is 0 Å². The van der Waals surface area contributed by atoms with Crippen LogP contribution < -0.4 is 10.1 Å². The van der Waals surface area contributed by atoms with Crippen LogP contribution in [0.25, 0.3) is 0 Å². The highest BCUT2D eigenvalue weighted by molar-refractivity contribution is 5.36. The molecule has 21 heavy (non-hydrogen) atoms. The lowest BCUT2D eigenvalue weighted by atomic mass is 9.96. The molecule has 3 unspecified atom stereocenters. The Hall–Kier alpha value is -1.13. The van der Waals surface area contributed by atoms with Crippen LogP contribution in [0.4, 0.5) is 4.39 Å². The minimum absolute atomic E-state index is 0.100. The highest BCUT2D eigenvalue weighted by atomic mass is 19.1. The predicted molar refractivity (Wildman–Crippen MR) is 82.1 cm³/mol. The summed E-state index contributed by atoms with van der Waals surface area (Å²) in [7, 11) is 3.89. The van der Waals surface area contributed by atoms with E-state index >= 15 is 0 Å². The fraction of sp³-hybridized carbons (Fsp3) is 0.647. The minimum Gasteiger partial charge on any atom is -0.496 e. The number of nitrogens with one attached hydrogen (secondary N) is 1. The summed E-state index contributed by atoms with van der Waals surface area (Å²) in [4.78, 5) is 2.53. The Kier molecular flexibility index (Phi) is 4.18. The number of halogens is 1. The topological polar surface area (TPSA) is 24.5 Å². The number of hydrogen-bond donors (Lipinski definition) is 1. The van der Waals surface area contributed by atoms with Gasteiger partial charge in [0.05, 0.1) is 7.11 Å².